The predicted molar refractivity (Wildman–Crippen MR) is 98.5 cm³/mol. The van der Waals surface area contributed by atoms with Crippen LogP contribution in [0.1, 0.15) is 50.9 Å². The van der Waals surface area contributed by atoms with Gasteiger partial charge in [-0.25, -0.2) is 4.39 Å². The number of likely N-dealkylation sites (tertiary alicyclic amines) is 1. The zero-order valence-corrected chi connectivity index (χ0v) is 16.3. The van der Waals surface area contributed by atoms with Crippen molar-refractivity contribution in [1.82, 2.24) is 10.2 Å². The molecule has 0 bridgehead atoms. The van der Waals surface area contributed by atoms with Crippen LogP contribution in [0.5, 0.6) is 0 Å². The van der Waals surface area contributed by atoms with Crippen molar-refractivity contribution < 1.29 is 23.5 Å². The summed E-state index contributed by atoms with van der Waals surface area (Å²) in [5.41, 5.74) is 0.0222. The first kappa shape index (κ1) is 20.9. The van der Waals surface area contributed by atoms with Crippen LogP contribution in [-0.4, -0.2) is 47.4 Å². The zero-order valence-electron chi connectivity index (χ0n) is 16.3. The predicted octanol–water partition coefficient (Wildman–Crippen LogP) is 2.52. The lowest BCUT2D eigenvalue weighted by molar-refractivity contribution is -0.160. The lowest BCUT2D eigenvalue weighted by Crippen LogP contribution is -2.47. The lowest BCUT2D eigenvalue weighted by atomic mass is 9.96. The van der Waals surface area contributed by atoms with Crippen LogP contribution < -0.4 is 5.32 Å². The fourth-order valence-corrected chi connectivity index (χ4v) is 2.89. The average Bonchev–Trinajstić information content (AvgIpc) is 2.60. The Morgan fingerprint density at radius 1 is 1.15 bits per heavy atom. The standard InChI is InChI=1S/C20H27FN2O4/c1-13(17(24)22-20(2,3)4)27-19(26)15-9-11-23(12-10-15)18(25)14-5-7-16(21)8-6-14/h5-8,13,15H,9-12H2,1-4H3,(H,22,24). The van der Waals surface area contributed by atoms with Crippen LogP contribution in [0.3, 0.4) is 0 Å². The molecule has 1 atom stereocenters. The van der Waals surface area contributed by atoms with Crippen molar-refractivity contribution in [3.63, 3.8) is 0 Å². The summed E-state index contributed by atoms with van der Waals surface area (Å²) in [4.78, 5) is 38.4. The van der Waals surface area contributed by atoms with E-state index in [1.165, 1.54) is 24.3 Å². The third-order valence-corrected chi connectivity index (χ3v) is 4.37. The molecule has 1 fully saturated rings. The van der Waals surface area contributed by atoms with E-state index in [1.54, 1.807) is 11.8 Å². The fourth-order valence-electron chi connectivity index (χ4n) is 2.89. The smallest absolute Gasteiger partial charge is 0.309 e. The Kier molecular flexibility index (Phi) is 6.57. The molecule has 7 heteroatoms. The van der Waals surface area contributed by atoms with Gasteiger partial charge in [-0.3, -0.25) is 14.4 Å². The molecule has 1 saturated heterocycles. The molecule has 6 nitrogen and oxygen atoms in total. The van der Waals surface area contributed by atoms with E-state index in [9.17, 15) is 18.8 Å². The number of nitrogens with one attached hydrogen (secondary N) is 1. The van der Waals surface area contributed by atoms with Gasteiger partial charge in [-0.15, -0.1) is 0 Å². The van der Waals surface area contributed by atoms with Gasteiger partial charge in [-0.2, -0.15) is 0 Å². The Morgan fingerprint density at radius 3 is 2.22 bits per heavy atom. The zero-order chi connectivity index (χ0) is 20.2. The normalized spacial score (nSPS) is 16.6. The highest BCUT2D eigenvalue weighted by molar-refractivity contribution is 5.94. The quantitative estimate of drug-likeness (QED) is 0.817. The molecule has 27 heavy (non-hydrogen) atoms. The molecule has 1 unspecified atom stereocenters. The van der Waals surface area contributed by atoms with Gasteiger partial charge in [-0.05, 0) is 64.8 Å². The second-order valence-corrected chi connectivity index (χ2v) is 7.89. The Bertz CT molecular complexity index is 689. The number of hydrogen-bond donors (Lipinski definition) is 1. The first-order valence-electron chi connectivity index (χ1n) is 9.14. The highest BCUT2D eigenvalue weighted by atomic mass is 19.1. The second kappa shape index (κ2) is 8.50. The number of piperidine rings is 1. The minimum atomic E-state index is -0.865. The maximum atomic E-state index is 13.0. The van der Waals surface area contributed by atoms with Gasteiger partial charge in [0.05, 0.1) is 5.92 Å². The van der Waals surface area contributed by atoms with E-state index < -0.39 is 23.4 Å². The van der Waals surface area contributed by atoms with Crippen LogP contribution >= 0.6 is 0 Å². The van der Waals surface area contributed by atoms with Gasteiger partial charge >= 0.3 is 5.97 Å². The highest BCUT2D eigenvalue weighted by Gasteiger charge is 2.31. The number of hydrogen-bond acceptors (Lipinski definition) is 4. The molecule has 0 saturated carbocycles. The summed E-state index contributed by atoms with van der Waals surface area (Å²) in [5, 5.41) is 2.78. The van der Waals surface area contributed by atoms with Crippen molar-refractivity contribution in [3.8, 4) is 0 Å². The molecule has 1 aromatic carbocycles. The molecule has 0 spiro atoms. The number of carbonyl (C=O) groups excluding carboxylic acids is 3. The van der Waals surface area contributed by atoms with Crippen LogP contribution in [-0.2, 0) is 14.3 Å². The van der Waals surface area contributed by atoms with Gasteiger partial charge < -0.3 is 15.0 Å². The van der Waals surface area contributed by atoms with Crippen molar-refractivity contribution in [2.75, 3.05) is 13.1 Å². The molecule has 0 radical (unpaired) electrons. The van der Waals surface area contributed by atoms with Gasteiger partial charge in [0.15, 0.2) is 6.10 Å². The summed E-state index contributed by atoms with van der Waals surface area (Å²) in [6.45, 7) is 7.94. The van der Waals surface area contributed by atoms with E-state index in [2.05, 4.69) is 5.32 Å². The molecule has 1 aromatic rings. The van der Waals surface area contributed by atoms with Crippen molar-refractivity contribution in [2.45, 2.75) is 52.2 Å². The Hall–Kier alpha value is -2.44. The van der Waals surface area contributed by atoms with Crippen molar-refractivity contribution in [3.05, 3.63) is 35.6 Å². The summed E-state index contributed by atoms with van der Waals surface area (Å²) in [6.07, 6.45) is 0.0780. The molecule has 2 amide bonds. The third-order valence-electron chi connectivity index (χ3n) is 4.37. The number of carbonyl (C=O) groups is 3. The fraction of sp³-hybridized carbons (Fsp3) is 0.550. The maximum absolute atomic E-state index is 13.0. The molecule has 1 heterocycles. The molecule has 1 N–H and O–H groups in total. The van der Waals surface area contributed by atoms with Gasteiger partial charge in [0.2, 0.25) is 0 Å². The van der Waals surface area contributed by atoms with E-state index >= 15 is 0 Å². The molecule has 0 aliphatic carbocycles. The van der Waals surface area contributed by atoms with Crippen molar-refractivity contribution >= 4 is 17.8 Å². The molecule has 148 valence electrons. The minimum Gasteiger partial charge on any atom is -0.452 e. The van der Waals surface area contributed by atoms with Gasteiger partial charge in [0.1, 0.15) is 5.82 Å². The Morgan fingerprint density at radius 2 is 1.70 bits per heavy atom. The second-order valence-electron chi connectivity index (χ2n) is 7.89. The number of esters is 1. The van der Waals surface area contributed by atoms with E-state index in [4.69, 9.17) is 4.74 Å². The van der Waals surface area contributed by atoms with E-state index in [-0.39, 0.29) is 17.7 Å². The van der Waals surface area contributed by atoms with E-state index in [1.807, 2.05) is 20.8 Å². The van der Waals surface area contributed by atoms with Gasteiger partial charge in [0.25, 0.3) is 11.8 Å². The minimum absolute atomic E-state index is 0.181. The van der Waals surface area contributed by atoms with Crippen LogP contribution in [0.15, 0.2) is 24.3 Å². The molecule has 2 rings (SSSR count). The molecular formula is C20H27FN2O4. The highest BCUT2D eigenvalue weighted by Crippen LogP contribution is 2.21. The Labute approximate surface area is 159 Å². The number of nitrogens with zero attached hydrogens (tertiary/aromatic N) is 1. The largest absolute Gasteiger partial charge is 0.452 e. The van der Waals surface area contributed by atoms with Crippen molar-refractivity contribution in [1.29, 1.82) is 0 Å². The van der Waals surface area contributed by atoms with Crippen LogP contribution in [0, 0.1) is 11.7 Å². The summed E-state index contributed by atoms with van der Waals surface area (Å²) in [6, 6.07) is 5.41. The first-order chi connectivity index (χ1) is 12.6. The SMILES string of the molecule is CC(OC(=O)C1CCN(C(=O)c2ccc(F)cc2)CC1)C(=O)NC(C)(C)C. The summed E-state index contributed by atoms with van der Waals surface area (Å²) < 4.78 is 18.3. The first-order valence-corrected chi connectivity index (χ1v) is 9.14. The maximum Gasteiger partial charge on any atom is 0.309 e. The number of amides is 2. The van der Waals surface area contributed by atoms with Crippen molar-refractivity contribution in [2.24, 2.45) is 5.92 Å². The number of halogens is 1. The summed E-state index contributed by atoms with van der Waals surface area (Å²) >= 11 is 0. The van der Waals surface area contributed by atoms with Crippen LogP contribution in [0.4, 0.5) is 4.39 Å². The van der Waals surface area contributed by atoms with E-state index in [0.717, 1.165) is 0 Å². The molecular weight excluding hydrogens is 351 g/mol. The molecule has 1 aliphatic rings. The topological polar surface area (TPSA) is 75.7 Å². The lowest BCUT2D eigenvalue weighted by Gasteiger charge is -2.31. The number of ether oxygens (including phenoxy) is 1. The van der Waals surface area contributed by atoms with Gasteiger partial charge in [0, 0.05) is 24.2 Å². The third kappa shape index (κ3) is 6.05. The number of benzene rings is 1. The molecule has 1 aliphatic heterocycles. The Balaban J connectivity index is 1.84. The van der Waals surface area contributed by atoms with Crippen LogP contribution in [0.2, 0.25) is 0 Å². The summed E-state index contributed by atoms with van der Waals surface area (Å²) in [7, 11) is 0. The van der Waals surface area contributed by atoms with Crippen LogP contribution in [0.25, 0.3) is 0 Å². The number of rotatable bonds is 4. The monoisotopic (exact) mass is 378 g/mol. The van der Waals surface area contributed by atoms with E-state index in [0.29, 0.717) is 31.5 Å². The molecule has 0 aromatic heterocycles. The average molecular weight is 378 g/mol. The van der Waals surface area contributed by atoms with Gasteiger partial charge in [-0.1, -0.05) is 0 Å². The summed E-state index contributed by atoms with van der Waals surface area (Å²) in [5.74, 6) is -1.66.